The summed E-state index contributed by atoms with van der Waals surface area (Å²) in [5, 5.41) is 8.85. The van der Waals surface area contributed by atoms with E-state index in [0.717, 1.165) is 0 Å². The predicted octanol–water partition coefficient (Wildman–Crippen LogP) is 1.79. The lowest BCUT2D eigenvalue weighted by atomic mass is 10.2. The van der Waals surface area contributed by atoms with Gasteiger partial charge in [0.15, 0.2) is 0 Å². The maximum Gasteiger partial charge on any atom is 0.431 e. The molecule has 0 rings (SSSR count). The largest absolute Gasteiger partial charge is 0.462 e. The number of carbonyl (C=O) groups is 1. The highest BCUT2D eigenvalue weighted by Gasteiger charge is 2.38. The summed E-state index contributed by atoms with van der Waals surface area (Å²) in [6.45, 7) is 4.48. The second-order valence-corrected chi connectivity index (χ2v) is 2.82. The van der Waals surface area contributed by atoms with Crippen LogP contribution in [0.5, 0.6) is 0 Å². The molecule has 0 aromatic heterocycles. The molecule has 0 unspecified atom stereocenters. The van der Waals surface area contributed by atoms with Crippen molar-refractivity contribution in [2.75, 3.05) is 13.2 Å². The Morgan fingerprint density at radius 1 is 1.53 bits per heavy atom. The van der Waals surface area contributed by atoms with E-state index in [9.17, 15) is 18.0 Å². The lowest BCUT2D eigenvalue weighted by Gasteiger charge is -2.15. The molecule has 0 aliphatic rings. The third kappa shape index (κ3) is 4.71. The van der Waals surface area contributed by atoms with E-state index in [1.807, 2.05) is 5.32 Å². The lowest BCUT2D eigenvalue weighted by molar-refractivity contribution is -0.139. The number of hydrogen-bond donors (Lipinski definition) is 2. The molecule has 0 aliphatic heterocycles. The zero-order valence-electron chi connectivity index (χ0n) is 9.23. The molecular weight excluding hydrogens is 237 g/mol. The maximum absolute atomic E-state index is 12.6. The van der Waals surface area contributed by atoms with Gasteiger partial charge in [-0.3, -0.25) is 0 Å². The summed E-state index contributed by atoms with van der Waals surface area (Å²) in [6, 6.07) is 0. The van der Waals surface area contributed by atoms with Crippen molar-refractivity contribution in [3.8, 4) is 0 Å². The van der Waals surface area contributed by atoms with Crippen molar-refractivity contribution in [2.45, 2.75) is 13.1 Å². The minimum absolute atomic E-state index is 0.0667. The summed E-state index contributed by atoms with van der Waals surface area (Å²) in [5.41, 5.74) is -2.16. The van der Waals surface area contributed by atoms with E-state index in [1.165, 1.54) is 13.0 Å². The van der Waals surface area contributed by atoms with Crippen LogP contribution in [0.3, 0.4) is 0 Å². The lowest BCUT2D eigenvalue weighted by Crippen LogP contribution is -2.31. The van der Waals surface area contributed by atoms with Gasteiger partial charge >= 0.3 is 12.1 Å². The number of alkyl halides is 3. The summed E-state index contributed by atoms with van der Waals surface area (Å²) >= 11 is 0. The molecule has 0 bridgehead atoms. The van der Waals surface area contributed by atoms with Crippen LogP contribution < -0.4 is 5.32 Å². The number of hydrogen-bond acceptors (Lipinski definition) is 4. The van der Waals surface area contributed by atoms with Gasteiger partial charge < -0.3 is 15.5 Å². The van der Waals surface area contributed by atoms with Gasteiger partial charge in [0.2, 0.25) is 0 Å². The van der Waals surface area contributed by atoms with Crippen molar-refractivity contribution < 1.29 is 22.7 Å². The Hall–Kier alpha value is -1.79. The van der Waals surface area contributed by atoms with E-state index in [-0.39, 0.29) is 13.2 Å². The molecule has 0 saturated heterocycles. The van der Waals surface area contributed by atoms with Gasteiger partial charge in [0.25, 0.3) is 0 Å². The zero-order valence-corrected chi connectivity index (χ0v) is 9.23. The molecule has 0 saturated carbocycles. The van der Waals surface area contributed by atoms with Crippen molar-refractivity contribution in [3.63, 3.8) is 0 Å². The summed E-state index contributed by atoms with van der Waals surface area (Å²) in [7, 11) is 0. The number of rotatable bonds is 6. The quantitative estimate of drug-likeness (QED) is 0.327. The van der Waals surface area contributed by atoms with Crippen molar-refractivity contribution in [1.82, 2.24) is 5.32 Å². The smallest absolute Gasteiger partial charge is 0.431 e. The molecule has 4 nitrogen and oxygen atoms in total. The summed E-state index contributed by atoms with van der Waals surface area (Å²) in [4.78, 5) is 11.2. The monoisotopic (exact) mass is 250 g/mol. The van der Waals surface area contributed by atoms with Gasteiger partial charge in [-0.15, -0.1) is 6.58 Å². The summed E-state index contributed by atoms with van der Waals surface area (Å²) in [6.07, 6.45) is -3.24. The van der Waals surface area contributed by atoms with Crippen molar-refractivity contribution in [3.05, 3.63) is 23.9 Å². The Labute approximate surface area is 96.7 Å². The van der Waals surface area contributed by atoms with E-state index < -0.39 is 23.4 Å². The van der Waals surface area contributed by atoms with Crippen LogP contribution in [-0.4, -0.2) is 31.5 Å². The number of allylic oxidation sites excluding steroid dienone is 1. The fourth-order valence-corrected chi connectivity index (χ4v) is 0.964. The molecule has 0 aromatic carbocycles. The number of carbonyl (C=O) groups excluding carboxylic acids is 1. The van der Waals surface area contributed by atoms with Gasteiger partial charge in [0, 0.05) is 12.8 Å². The average Bonchev–Trinajstić information content (AvgIpc) is 2.22. The van der Waals surface area contributed by atoms with Crippen molar-refractivity contribution >= 4 is 12.2 Å². The van der Waals surface area contributed by atoms with Crippen LogP contribution >= 0.6 is 0 Å². The Morgan fingerprint density at radius 3 is 2.47 bits per heavy atom. The van der Waals surface area contributed by atoms with Crippen LogP contribution in [0.2, 0.25) is 0 Å². The molecule has 96 valence electrons. The Balaban J connectivity index is 5.35. The van der Waals surface area contributed by atoms with Crippen molar-refractivity contribution in [1.29, 1.82) is 5.41 Å². The molecular formula is C10H13F3N2O2. The minimum atomic E-state index is -4.76. The van der Waals surface area contributed by atoms with E-state index in [4.69, 9.17) is 5.41 Å². The normalized spacial score (nSPS) is 12.5. The molecule has 0 spiro atoms. The number of esters is 1. The molecule has 0 radical (unpaired) electrons. The fourth-order valence-electron chi connectivity index (χ4n) is 0.964. The standard InChI is InChI=1S/C10H13F3N2O2/c1-3-5-15-8(10(11,12)13)7(6-14)9(16)17-4-2/h3,6,14-15H,1,4-5H2,2H3/b8-7+,14-6?. The van der Waals surface area contributed by atoms with Crippen molar-refractivity contribution in [2.24, 2.45) is 0 Å². The topological polar surface area (TPSA) is 62.2 Å². The molecule has 0 heterocycles. The van der Waals surface area contributed by atoms with Crippen LogP contribution in [0.1, 0.15) is 6.92 Å². The maximum atomic E-state index is 12.6. The highest BCUT2D eigenvalue weighted by Crippen LogP contribution is 2.26. The van der Waals surface area contributed by atoms with Crippen LogP contribution in [0.4, 0.5) is 13.2 Å². The third-order valence-corrected chi connectivity index (χ3v) is 1.62. The van der Waals surface area contributed by atoms with Gasteiger partial charge in [-0.25, -0.2) is 4.79 Å². The molecule has 0 atom stereocenters. The van der Waals surface area contributed by atoms with Gasteiger partial charge in [-0.2, -0.15) is 13.2 Å². The van der Waals surface area contributed by atoms with E-state index >= 15 is 0 Å². The first kappa shape index (κ1) is 15.2. The fraction of sp³-hybridized carbons (Fsp3) is 0.400. The Bertz CT molecular complexity index is 335. The first-order chi connectivity index (χ1) is 7.88. The molecule has 17 heavy (non-hydrogen) atoms. The molecule has 0 aliphatic carbocycles. The van der Waals surface area contributed by atoms with Crippen LogP contribution in [0.25, 0.3) is 0 Å². The van der Waals surface area contributed by atoms with Crippen LogP contribution in [0.15, 0.2) is 23.9 Å². The van der Waals surface area contributed by atoms with Crippen LogP contribution in [0, 0.1) is 5.41 Å². The molecule has 0 fully saturated rings. The predicted molar refractivity (Wildman–Crippen MR) is 56.7 cm³/mol. The van der Waals surface area contributed by atoms with Gasteiger partial charge in [-0.1, -0.05) is 6.08 Å². The highest BCUT2D eigenvalue weighted by molar-refractivity contribution is 6.09. The summed E-state index contributed by atoms with van der Waals surface area (Å²) < 4.78 is 42.3. The number of halogens is 3. The number of ether oxygens (including phenoxy) is 1. The first-order valence-corrected chi connectivity index (χ1v) is 4.72. The average molecular weight is 250 g/mol. The van der Waals surface area contributed by atoms with E-state index in [2.05, 4.69) is 11.3 Å². The molecule has 7 heteroatoms. The Morgan fingerprint density at radius 2 is 2.12 bits per heavy atom. The van der Waals surface area contributed by atoms with Gasteiger partial charge in [-0.05, 0) is 6.92 Å². The second-order valence-electron chi connectivity index (χ2n) is 2.82. The highest BCUT2D eigenvalue weighted by atomic mass is 19.4. The molecule has 2 N–H and O–H groups in total. The Kier molecular flexibility index (Phi) is 6.01. The van der Waals surface area contributed by atoms with E-state index in [1.54, 1.807) is 0 Å². The SMILES string of the molecule is C=CCN/C(=C(\C=N)C(=O)OCC)C(F)(F)F. The minimum Gasteiger partial charge on any atom is -0.462 e. The summed E-state index contributed by atoms with van der Waals surface area (Å²) in [5.74, 6) is -1.19. The number of nitrogens with one attached hydrogen (secondary N) is 2. The second kappa shape index (κ2) is 6.72. The van der Waals surface area contributed by atoms with Crippen LogP contribution in [-0.2, 0) is 9.53 Å². The van der Waals surface area contributed by atoms with Gasteiger partial charge in [0.1, 0.15) is 11.3 Å². The molecule has 0 amide bonds. The van der Waals surface area contributed by atoms with E-state index in [0.29, 0.717) is 6.21 Å². The molecule has 0 aromatic rings. The third-order valence-electron chi connectivity index (χ3n) is 1.62. The van der Waals surface area contributed by atoms with Gasteiger partial charge in [0.05, 0.1) is 6.61 Å². The zero-order chi connectivity index (χ0) is 13.5. The first-order valence-electron chi connectivity index (χ1n) is 4.72.